The summed E-state index contributed by atoms with van der Waals surface area (Å²) in [5.41, 5.74) is 6.79. The summed E-state index contributed by atoms with van der Waals surface area (Å²) in [6, 6.07) is 5.16. The van der Waals surface area contributed by atoms with Crippen molar-refractivity contribution in [3.8, 4) is 5.75 Å². The van der Waals surface area contributed by atoms with Crippen molar-refractivity contribution in [3.63, 3.8) is 0 Å². The minimum absolute atomic E-state index is 0. The second kappa shape index (κ2) is 12.0. The third-order valence-corrected chi connectivity index (χ3v) is 3.54. The predicted octanol–water partition coefficient (Wildman–Crippen LogP) is 3.37. The number of hydrogen-bond donors (Lipinski definition) is 1. The van der Waals surface area contributed by atoms with Gasteiger partial charge in [0.15, 0.2) is 5.75 Å². The van der Waals surface area contributed by atoms with Gasteiger partial charge in [-0.2, -0.15) is 0 Å². The normalized spacial score (nSPS) is 10.3. The van der Waals surface area contributed by atoms with Crippen LogP contribution in [0, 0.1) is 0 Å². The van der Waals surface area contributed by atoms with Crippen LogP contribution in [-0.4, -0.2) is 43.7 Å². The molecule has 0 saturated heterocycles. The van der Waals surface area contributed by atoms with Gasteiger partial charge in [0.1, 0.15) is 12.2 Å². The van der Waals surface area contributed by atoms with Gasteiger partial charge in [-0.25, -0.2) is 4.79 Å². The highest BCUT2D eigenvalue weighted by Crippen LogP contribution is 2.27. The zero-order chi connectivity index (χ0) is 16.4. The van der Waals surface area contributed by atoms with Gasteiger partial charge >= 0.3 is 5.97 Å². The summed E-state index contributed by atoms with van der Waals surface area (Å²) >= 11 is 0. The van der Waals surface area contributed by atoms with Crippen LogP contribution in [0.15, 0.2) is 18.2 Å². The van der Waals surface area contributed by atoms with Gasteiger partial charge in [-0.1, -0.05) is 33.3 Å². The monoisotopic (exact) mass is 344 g/mol. The van der Waals surface area contributed by atoms with Gasteiger partial charge in [0.05, 0.1) is 12.3 Å². The molecule has 0 unspecified atom stereocenters. The average Bonchev–Trinajstić information content (AvgIpc) is 2.53. The van der Waals surface area contributed by atoms with E-state index in [0.717, 1.165) is 32.5 Å². The first kappa shape index (κ1) is 21.5. The van der Waals surface area contributed by atoms with E-state index in [1.54, 1.807) is 18.2 Å². The fraction of sp³-hybridized carbons (Fsp3) is 0.588. The minimum atomic E-state index is -0.383. The van der Waals surface area contributed by atoms with E-state index in [2.05, 4.69) is 25.7 Å². The lowest BCUT2D eigenvalue weighted by atomic mass is 10.1. The summed E-state index contributed by atoms with van der Waals surface area (Å²) in [5.74, 6) is 0.0507. The number of rotatable bonds is 10. The van der Waals surface area contributed by atoms with Gasteiger partial charge in [-0.05, 0) is 31.6 Å². The lowest BCUT2D eigenvalue weighted by Gasteiger charge is -2.18. The average molecular weight is 345 g/mol. The highest BCUT2D eigenvalue weighted by Gasteiger charge is 2.16. The number of carbonyl (C=O) groups is 1. The summed E-state index contributed by atoms with van der Waals surface area (Å²) < 4.78 is 11.0. The maximum atomic E-state index is 12.2. The van der Waals surface area contributed by atoms with Gasteiger partial charge < -0.3 is 20.1 Å². The van der Waals surface area contributed by atoms with Crippen LogP contribution < -0.4 is 10.5 Å². The van der Waals surface area contributed by atoms with Crippen molar-refractivity contribution in [3.05, 3.63) is 23.8 Å². The Morgan fingerprint density at radius 1 is 1.17 bits per heavy atom. The Balaban J connectivity index is 0.00000484. The molecule has 1 rings (SSSR count). The minimum Gasteiger partial charge on any atom is -0.491 e. The fourth-order valence-corrected chi connectivity index (χ4v) is 2.08. The molecule has 5 nitrogen and oxygen atoms in total. The number of nitrogens with zero attached hydrogens (tertiary/aromatic N) is 1. The lowest BCUT2D eigenvalue weighted by Crippen LogP contribution is -2.28. The van der Waals surface area contributed by atoms with E-state index in [0.29, 0.717) is 30.2 Å². The summed E-state index contributed by atoms with van der Waals surface area (Å²) in [5, 5.41) is 0. The lowest BCUT2D eigenvalue weighted by molar-refractivity contribution is 0.0462. The van der Waals surface area contributed by atoms with Crippen LogP contribution in [0.25, 0.3) is 0 Å². The van der Waals surface area contributed by atoms with Crippen molar-refractivity contribution in [2.24, 2.45) is 0 Å². The van der Waals surface area contributed by atoms with Crippen LogP contribution in [0.3, 0.4) is 0 Å². The summed E-state index contributed by atoms with van der Waals surface area (Å²) in [6.07, 6.45) is 1.95. The molecule has 6 heteroatoms. The maximum absolute atomic E-state index is 12.2. The van der Waals surface area contributed by atoms with Crippen LogP contribution in [-0.2, 0) is 4.74 Å². The van der Waals surface area contributed by atoms with E-state index in [1.165, 1.54) is 0 Å². The zero-order valence-corrected chi connectivity index (χ0v) is 15.2. The quantitative estimate of drug-likeness (QED) is 0.400. The number of nitrogens with two attached hydrogens (primary N) is 1. The molecule has 0 atom stereocenters. The van der Waals surface area contributed by atoms with Crippen molar-refractivity contribution in [1.82, 2.24) is 4.90 Å². The molecule has 0 spiro atoms. The Morgan fingerprint density at radius 2 is 1.87 bits per heavy atom. The number of halogens is 1. The Kier molecular flexibility index (Phi) is 11.3. The van der Waals surface area contributed by atoms with E-state index in [1.807, 2.05) is 0 Å². The van der Waals surface area contributed by atoms with Crippen molar-refractivity contribution >= 4 is 24.1 Å². The SMILES string of the molecule is CCCCOc1c(N)cccc1C(=O)OCCN(CC)CC.Cl. The molecule has 2 N–H and O–H groups in total. The van der Waals surface area contributed by atoms with Crippen molar-refractivity contribution in [2.45, 2.75) is 33.6 Å². The highest BCUT2D eigenvalue weighted by atomic mass is 35.5. The molecule has 0 aliphatic rings. The molecule has 0 fully saturated rings. The van der Waals surface area contributed by atoms with Crippen LogP contribution >= 0.6 is 12.4 Å². The number of unbranched alkanes of at least 4 members (excludes halogenated alkanes) is 1. The third-order valence-electron chi connectivity index (χ3n) is 3.54. The molecule has 132 valence electrons. The van der Waals surface area contributed by atoms with Crippen LogP contribution in [0.5, 0.6) is 5.75 Å². The number of benzene rings is 1. The van der Waals surface area contributed by atoms with Crippen molar-refractivity contribution < 1.29 is 14.3 Å². The number of nitrogen functional groups attached to an aromatic ring is 1. The fourth-order valence-electron chi connectivity index (χ4n) is 2.08. The Labute approximate surface area is 145 Å². The van der Waals surface area contributed by atoms with Gasteiger partial charge in [-0.3, -0.25) is 0 Å². The molecule has 0 saturated carbocycles. The summed E-state index contributed by atoms with van der Waals surface area (Å²) in [4.78, 5) is 14.4. The van der Waals surface area contributed by atoms with E-state index in [4.69, 9.17) is 15.2 Å². The van der Waals surface area contributed by atoms with Crippen molar-refractivity contribution in [2.75, 3.05) is 38.6 Å². The number of ether oxygens (including phenoxy) is 2. The number of hydrogen-bond acceptors (Lipinski definition) is 5. The molecule has 0 amide bonds. The Bertz CT molecular complexity index is 465. The molecule has 0 heterocycles. The molecule has 1 aromatic rings. The first-order valence-electron chi connectivity index (χ1n) is 8.04. The standard InChI is InChI=1S/C17H28N2O3.ClH/c1-4-7-12-21-16-14(9-8-10-15(16)18)17(20)22-13-11-19(5-2)6-3;/h8-10H,4-7,11-13,18H2,1-3H3;1H. The van der Waals surface area contributed by atoms with Crippen LogP contribution in [0.4, 0.5) is 5.69 Å². The molecule has 0 aliphatic carbocycles. The molecule has 0 aliphatic heterocycles. The Hall–Kier alpha value is -1.46. The molecule has 0 bridgehead atoms. The first-order valence-corrected chi connectivity index (χ1v) is 8.04. The van der Waals surface area contributed by atoms with Crippen LogP contribution in [0.1, 0.15) is 44.0 Å². The molecular weight excluding hydrogens is 316 g/mol. The second-order valence-electron chi connectivity index (χ2n) is 5.09. The molecular formula is C17H29ClN2O3. The number of para-hydroxylation sites is 1. The van der Waals surface area contributed by atoms with Gasteiger partial charge in [-0.15, -0.1) is 12.4 Å². The van der Waals surface area contributed by atoms with Crippen LogP contribution in [0.2, 0.25) is 0 Å². The topological polar surface area (TPSA) is 64.8 Å². The third kappa shape index (κ3) is 7.10. The largest absolute Gasteiger partial charge is 0.491 e. The molecule has 1 aromatic carbocycles. The zero-order valence-electron chi connectivity index (χ0n) is 14.3. The number of likely N-dealkylation sites (N-methyl/N-ethyl adjacent to an activating group) is 1. The molecule has 0 radical (unpaired) electrons. The van der Waals surface area contributed by atoms with Gasteiger partial charge in [0.25, 0.3) is 0 Å². The van der Waals surface area contributed by atoms with E-state index < -0.39 is 0 Å². The van der Waals surface area contributed by atoms with Gasteiger partial charge in [0, 0.05) is 6.54 Å². The number of esters is 1. The van der Waals surface area contributed by atoms with E-state index in [-0.39, 0.29) is 18.4 Å². The smallest absolute Gasteiger partial charge is 0.342 e. The van der Waals surface area contributed by atoms with Crippen molar-refractivity contribution in [1.29, 1.82) is 0 Å². The number of carbonyl (C=O) groups excluding carboxylic acids is 1. The molecule has 0 aromatic heterocycles. The predicted molar refractivity (Wildman–Crippen MR) is 96.6 cm³/mol. The van der Waals surface area contributed by atoms with Gasteiger partial charge in [0.2, 0.25) is 0 Å². The second-order valence-corrected chi connectivity index (χ2v) is 5.09. The Morgan fingerprint density at radius 3 is 2.48 bits per heavy atom. The highest BCUT2D eigenvalue weighted by molar-refractivity contribution is 5.94. The summed E-state index contributed by atoms with van der Waals surface area (Å²) in [7, 11) is 0. The molecule has 23 heavy (non-hydrogen) atoms. The maximum Gasteiger partial charge on any atom is 0.342 e. The van der Waals surface area contributed by atoms with E-state index >= 15 is 0 Å². The number of anilines is 1. The van der Waals surface area contributed by atoms with E-state index in [9.17, 15) is 4.79 Å². The first-order chi connectivity index (χ1) is 10.6. The summed E-state index contributed by atoms with van der Waals surface area (Å²) in [6.45, 7) is 9.78.